The standard InChI is InChI=1S/C15H26N4O.HI/c1-16-15(17-9-10-20-4)18-11-13-7-5-6-8-14(13)12-19(2)3;/h5-8H,9-12H2,1-4H3,(H2,16,17,18);1H. The fourth-order valence-corrected chi connectivity index (χ4v) is 1.90. The molecule has 1 aromatic carbocycles. The molecule has 0 bridgehead atoms. The molecule has 2 N–H and O–H groups in total. The van der Waals surface area contributed by atoms with Gasteiger partial charge in [0.15, 0.2) is 5.96 Å². The Morgan fingerprint density at radius 2 is 1.86 bits per heavy atom. The second-order valence-corrected chi connectivity index (χ2v) is 4.85. The Kier molecular flexibility index (Phi) is 11.3. The summed E-state index contributed by atoms with van der Waals surface area (Å²) in [5.41, 5.74) is 2.62. The SMILES string of the molecule is CN=C(NCCOC)NCc1ccccc1CN(C)C.I. The summed E-state index contributed by atoms with van der Waals surface area (Å²) < 4.78 is 5.01. The zero-order chi connectivity index (χ0) is 14.8. The van der Waals surface area contributed by atoms with E-state index in [1.165, 1.54) is 11.1 Å². The van der Waals surface area contributed by atoms with E-state index in [0.29, 0.717) is 6.61 Å². The summed E-state index contributed by atoms with van der Waals surface area (Å²) in [5, 5.41) is 6.53. The van der Waals surface area contributed by atoms with Crippen LogP contribution in [0, 0.1) is 0 Å². The predicted octanol–water partition coefficient (Wildman–Crippen LogP) is 1.68. The van der Waals surface area contributed by atoms with Crippen molar-refractivity contribution in [3.8, 4) is 0 Å². The molecule has 0 aromatic heterocycles. The molecule has 0 heterocycles. The van der Waals surface area contributed by atoms with E-state index in [1.807, 2.05) is 0 Å². The number of hydrogen-bond donors (Lipinski definition) is 2. The molecule has 0 aliphatic rings. The Hall–Kier alpha value is -0.860. The zero-order valence-corrected chi connectivity index (χ0v) is 15.7. The minimum Gasteiger partial charge on any atom is -0.383 e. The number of hydrogen-bond acceptors (Lipinski definition) is 3. The normalized spacial score (nSPS) is 11.2. The van der Waals surface area contributed by atoms with E-state index in [-0.39, 0.29) is 24.0 Å². The van der Waals surface area contributed by atoms with Crippen molar-refractivity contribution in [3.63, 3.8) is 0 Å². The summed E-state index contributed by atoms with van der Waals surface area (Å²) in [5.74, 6) is 0.793. The third-order valence-electron chi connectivity index (χ3n) is 2.87. The van der Waals surface area contributed by atoms with Crippen molar-refractivity contribution >= 4 is 29.9 Å². The first-order valence-corrected chi connectivity index (χ1v) is 6.82. The quantitative estimate of drug-likeness (QED) is 0.313. The highest BCUT2D eigenvalue weighted by Gasteiger charge is 2.04. The Morgan fingerprint density at radius 3 is 2.43 bits per heavy atom. The summed E-state index contributed by atoms with van der Waals surface area (Å²) >= 11 is 0. The van der Waals surface area contributed by atoms with Gasteiger partial charge in [-0.2, -0.15) is 0 Å². The van der Waals surface area contributed by atoms with Crippen LogP contribution in [0.15, 0.2) is 29.3 Å². The minimum atomic E-state index is 0. The summed E-state index contributed by atoms with van der Waals surface area (Å²) in [7, 11) is 7.62. The van der Waals surface area contributed by atoms with Crippen LogP contribution >= 0.6 is 24.0 Å². The van der Waals surface area contributed by atoms with Crippen LogP contribution in [-0.2, 0) is 17.8 Å². The molecule has 21 heavy (non-hydrogen) atoms. The van der Waals surface area contributed by atoms with Crippen molar-refractivity contribution < 1.29 is 4.74 Å². The van der Waals surface area contributed by atoms with Crippen molar-refractivity contribution in [1.29, 1.82) is 0 Å². The van der Waals surface area contributed by atoms with Gasteiger partial charge in [0.05, 0.1) is 6.61 Å². The van der Waals surface area contributed by atoms with Crippen LogP contribution in [0.5, 0.6) is 0 Å². The lowest BCUT2D eigenvalue weighted by Gasteiger charge is -2.16. The van der Waals surface area contributed by atoms with Crippen molar-refractivity contribution in [1.82, 2.24) is 15.5 Å². The largest absolute Gasteiger partial charge is 0.383 e. The van der Waals surface area contributed by atoms with Gasteiger partial charge >= 0.3 is 0 Å². The molecule has 6 heteroatoms. The van der Waals surface area contributed by atoms with Crippen LogP contribution in [0.4, 0.5) is 0 Å². The molecule has 0 aliphatic heterocycles. The lowest BCUT2D eigenvalue weighted by atomic mass is 10.1. The molecule has 0 radical (unpaired) electrons. The first kappa shape index (κ1) is 20.1. The zero-order valence-electron chi connectivity index (χ0n) is 13.3. The van der Waals surface area contributed by atoms with Crippen LogP contribution in [0.25, 0.3) is 0 Å². The van der Waals surface area contributed by atoms with E-state index in [0.717, 1.165) is 25.6 Å². The van der Waals surface area contributed by atoms with Crippen molar-refractivity contribution in [2.45, 2.75) is 13.1 Å². The molecule has 0 spiro atoms. The van der Waals surface area contributed by atoms with Gasteiger partial charge in [0.1, 0.15) is 0 Å². The molecular weight excluding hydrogens is 379 g/mol. The fraction of sp³-hybridized carbons (Fsp3) is 0.533. The Labute approximate surface area is 145 Å². The third-order valence-corrected chi connectivity index (χ3v) is 2.87. The molecular formula is C15H27IN4O. The molecule has 1 rings (SSSR count). The lowest BCUT2D eigenvalue weighted by molar-refractivity contribution is 0.203. The fourth-order valence-electron chi connectivity index (χ4n) is 1.90. The van der Waals surface area contributed by atoms with Gasteiger partial charge in [0.25, 0.3) is 0 Å². The van der Waals surface area contributed by atoms with E-state index in [1.54, 1.807) is 14.2 Å². The highest BCUT2D eigenvalue weighted by Crippen LogP contribution is 2.10. The van der Waals surface area contributed by atoms with Crippen molar-refractivity contribution in [2.75, 3.05) is 41.4 Å². The molecule has 0 saturated carbocycles. The summed E-state index contributed by atoms with van der Waals surface area (Å²) in [4.78, 5) is 6.37. The van der Waals surface area contributed by atoms with Crippen LogP contribution in [0.1, 0.15) is 11.1 Å². The van der Waals surface area contributed by atoms with Gasteiger partial charge in [0, 0.05) is 33.8 Å². The lowest BCUT2D eigenvalue weighted by Crippen LogP contribution is -2.38. The highest BCUT2D eigenvalue weighted by molar-refractivity contribution is 14.0. The highest BCUT2D eigenvalue weighted by atomic mass is 127. The molecule has 0 aliphatic carbocycles. The van der Waals surface area contributed by atoms with E-state index >= 15 is 0 Å². The molecule has 0 unspecified atom stereocenters. The Bertz CT molecular complexity index is 424. The van der Waals surface area contributed by atoms with Crippen LogP contribution in [-0.4, -0.2) is 52.3 Å². The number of halogens is 1. The third kappa shape index (κ3) is 8.23. The Morgan fingerprint density at radius 1 is 1.19 bits per heavy atom. The van der Waals surface area contributed by atoms with Gasteiger partial charge < -0.3 is 20.3 Å². The molecule has 0 fully saturated rings. The van der Waals surface area contributed by atoms with Gasteiger partial charge in [-0.3, -0.25) is 4.99 Å². The summed E-state index contributed by atoms with van der Waals surface area (Å²) in [6.45, 7) is 3.11. The molecule has 0 saturated heterocycles. The molecule has 120 valence electrons. The van der Waals surface area contributed by atoms with Crippen molar-refractivity contribution in [3.05, 3.63) is 35.4 Å². The monoisotopic (exact) mass is 406 g/mol. The van der Waals surface area contributed by atoms with E-state index < -0.39 is 0 Å². The number of nitrogens with zero attached hydrogens (tertiary/aromatic N) is 2. The topological polar surface area (TPSA) is 48.9 Å². The maximum Gasteiger partial charge on any atom is 0.191 e. The number of rotatable bonds is 7. The first-order chi connectivity index (χ1) is 9.67. The maximum atomic E-state index is 5.01. The van der Waals surface area contributed by atoms with Crippen LogP contribution in [0.3, 0.4) is 0 Å². The second-order valence-electron chi connectivity index (χ2n) is 4.85. The van der Waals surface area contributed by atoms with Crippen molar-refractivity contribution in [2.24, 2.45) is 4.99 Å². The number of nitrogens with one attached hydrogen (secondary N) is 2. The summed E-state index contributed by atoms with van der Waals surface area (Å²) in [6, 6.07) is 8.46. The molecule has 0 atom stereocenters. The smallest absolute Gasteiger partial charge is 0.191 e. The van der Waals surface area contributed by atoms with E-state index in [2.05, 4.69) is 58.9 Å². The number of benzene rings is 1. The average Bonchev–Trinajstić information content (AvgIpc) is 2.43. The second kappa shape index (κ2) is 11.8. The maximum absolute atomic E-state index is 5.01. The van der Waals surface area contributed by atoms with Gasteiger partial charge in [-0.25, -0.2) is 0 Å². The number of guanidine groups is 1. The van der Waals surface area contributed by atoms with Crippen LogP contribution in [0.2, 0.25) is 0 Å². The number of ether oxygens (including phenoxy) is 1. The Balaban J connectivity index is 0.00000400. The van der Waals surface area contributed by atoms with Gasteiger partial charge in [-0.15, -0.1) is 24.0 Å². The van der Waals surface area contributed by atoms with Gasteiger partial charge in [-0.1, -0.05) is 24.3 Å². The predicted molar refractivity (Wildman–Crippen MR) is 99.3 cm³/mol. The van der Waals surface area contributed by atoms with E-state index in [4.69, 9.17) is 4.74 Å². The average molecular weight is 406 g/mol. The van der Waals surface area contributed by atoms with E-state index in [9.17, 15) is 0 Å². The van der Waals surface area contributed by atoms with Gasteiger partial charge in [0.2, 0.25) is 0 Å². The summed E-state index contributed by atoms with van der Waals surface area (Å²) in [6.07, 6.45) is 0. The number of methoxy groups -OCH3 is 1. The number of aliphatic imine (C=N–C) groups is 1. The first-order valence-electron chi connectivity index (χ1n) is 6.82. The van der Waals surface area contributed by atoms with Gasteiger partial charge in [-0.05, 0) is 25.2 Å². The molecule has 5 nitrogen and oxygen atoms in total. The minimum absolute atomic E-state index is 0. The molecule has 0 amide bonds. The molecule has 1 aromatic rings. The van der Waals surface area contributed by atoms with Crippen LogP contribution < -0.4 is 10.6 Å².